The molecule has 1 rings (SSSR count). The van der Waals surface area contributed by atoms with E-state index in [1.165, 1.54) is 7.11 Å². The normalized spacial score (nSPS) is 10.4. The van der Waals surface area contributed by atoms with Gasteiger partial charge in [-0.15, -0.1) is 0 Å². The molecule has 1 aromatic heterocycles. The molecule has 0 saturated heterocycles. The summed E-state index contributed by atoms with van der Waals surface area (Å²) in [5.41, 5.74) is -0.732. The standard InChI is InChI=1S/C10H8FNO4/c1-16-8(13)3-2-7-9(11)6(10(14)15)4-5-12-7/h2-5H,1H3,(H,14,15). The minimum atomic E-state index is -1.40. The van der Waals surface area contributed by atoms with Crippen molar-refractivity contribution in [3.05, 3.63) is 35.4 Å². The first-order valence-corrected chi connectivity index (χ1v) is 4.20. The fourth-order valence-corrected chi connectivity index (χ4v) is 0.956. The highest BCUT2D eigenvalue weighted by Gasteiger charge is 2.13. The number of hydrogen-bond acceptors (Lipinski definition) is 4. The molecule has 0 fully saturated rings. The molecule has 0 unspecified atom stereocenters. The SMILES string of the molecule is COC(=O)C=Cc1nccc(C(=O)O)c1F. The topological polar surface area (TPSA) is 76.5 Å². The minimum Gasteiger partial charge on any atom is -0.478 e. The Labute approximate surface area is 90.2 Å². The number of ether oxygens (including phenoxy) is 1. The summed E-state index contributed by atoms with van der Waals surface area (Å²) in [6, 6.07) is 1.03. The second-order valence-corrected chi connectivity index (χ2v) is 2.72. The number of carboxylic acids is 1. The van der Waals surface area contributed by atoms with Crippen LogP contribution in [0.1, 0.15) is 16.1 Å². The summed E-state index contributed by atoms with van der Waals surface area (Å²) >= 11 is 0. The Morgan fingerprint density at radius 2 is 2.25 bits per heavy atom. The molecule has 0 saturated carbocycles. The van der Waals surface area contributed by atoms with Crippen LogP contribution in [-0.4, -0.2) is 29.1 Å². The van der Waals surface area contributed by atoms with Gasteiger partial charge in [0, 0.05) is 12.3 Å². The van der Waals surface area contributed by atoms with Crippen LogP contribution in [0.25, 0.3) is 6.08 Å². The lowest BCUT2D eigenvalue weighted by atomic mass is 10.2. The monoisotopic (exact) mass is 225 g/mol. The minimum absolute atomic E-state index is 0.231. The lowest BCUT2D eigenvalue weighted by Crippen LogP contribution is -2.03. The van der Waals surface area contributed by atoms with Gasteiger partial charge in [-0.1, -0.05) is 0 Å². The van der Waals surface area contributed by atoms with Gasteiger partial charge in [0.2, 0.25) is 0 Å². The number of carbonyl (C=O) groups is 2. The van der Waals surface area contributed by atoms with Crippen molar-refractivity contribution in [3.8, 4) is 0 Å². The molecule has 0 bridgehead atoms. The molecule has 0 aliphatic carbocycles. The van der Waals surface area contributed by atoms with Gasteiger partial charge in [-0.25, -0.2) is 14.0 Å². The van der Waals surface area contributed by atoms with Crippen LogP contribution in [0.5, 0.6) is 0 Å². The maximum absolute atomic E-state index is 13.4. The van der Waals surface area contributed by atoms with Gasteiger partial charge >= 0.3 is 11.9 Å². The Hall–Kier alpha value is -2.24. The summed E-state index contributed by atoms with van der Waals surface area (Å²) in [5, 5.41) is 8.63. The number of carboxylic acid groups (broad SMARTS) is 1. The highest BCUT2D eigenvalue weighted by Crippen LogP contribution is 2.11. The van der Waals surface area contributed by atoms with Gasteiger partial charge in [-0.2, -0.15) is 0 Å². The molecule has 1 aromatic rings. The Balaban J connectivity index is 3.07. The molecular formula is C10H8FNO4. The molecule has 6 heteroatoms. The summed E-state index contributed by atoms with van der Waals surface area (Å²) in [7, 11) is 1.17. The molecule has 0 radical (unpaired) electrons. The summed E-state index contributed by atoms with van der Waals surface area (Å²) < 4.78 is 17.7. The zero-order valence-corrected chi connectivity index (χ0v) is 8.31. The highest BCUT2D eigenvalue weighted by atomic mass is 19.1. The first-order chi connectivity index (χ1) is 7.56. The van der Waals surface area contributed by atoms with Gasteiger partial charge in [0.25, 0.3) is 0 Å². The van der Waals surface area contributed by atoms with E-state index in [0.29, 0.717) is 0 Å². The van der Waals surface area contributed by atoms with Crippen LogP contribution in [0.3, 0.4) is 0 Å². The Kier molecular flexibility index (Phi) is 3.71. The predicted octanol–water partition coefficient (Wildman–Crippen LogP) is 1.11. The zero-order chi connectivity index (χ0) is 12.1. The van der Waals surface area contributed by atoms with E-state index in [-0.39, 0.29) is 5.69 Å². The molecule has 0 aliphatic heterocycles. The maximum atomic E-state index is 13.4. The lowest BCUT2D eigenvalue weighted by molar-refractivity contribution is -0.134. The van der Waals surface area contributed by atoms with Gasteiger partial charge in [0.15, 0.2) is 5.82 Å². The summed E-state index contributed by atoms with van der Waals surface area (Å²) in [6.07, 6.45) is 3.15. The Bertz CT molecular complexity index is 456. The first-order valence-electron chi connectivity index (χ1n) is 4.20. The second-order valence-electron chi connectivity index (χ2n) is 2.72. The third kappa shape index (κ3) is 2.63. The second kappa shape index (κ2) is 5.01. The van der Waals surface area contributed by atoms with Crippen molar-refractivity contribution < 1.29 is 23.8 Å². The van der Waals surface area contributed by atoms with Crippen LogP contribution in [0.2, 0.25) is 0 Å². The molecule has 16 heavy (non-hydrogen) atoms. The van der Waals surface area contributed by atoms with Crippen LogP contribution in [-0.2, 0) is 9.53 Å². The van der Waals surface area contributed by atoms with E-state index < -0.39 is 23.3 Å². The highest BCUT2D eigenvalue weighted by molar-refractivity contribution is 5.90. The Morgan fingerprint density at radius 1 is 1.56 bits per heavy atom. The number of carbonyl (C=O) groups excluding carboxylic acids is 1. The van der Waals surface area contributed by atoms with Crippen LogP contribution in [0, 0.1) is 5.82 Å². The number of esters is 1. The average Bonchev–Trinajstić information content (AvgIpc) is 2.26. The van der Waals surface area contributed by atoms with Gasteiger partial charge in [0.05, 0.1) is 18.4 Å². The number of halogens is 1. The zero-order valence-electron chi connectivity index (χ0n) is 8.31. The van der Waals surface area contributed by atoms with E-state index in [1.807, 2.05) is 0 Å². The smallest absolute Gasteiger partial charge is 0.338 e. The third-order valence-corrected chi connectivity index (χ3v) is 1.73. The quantitative estimate of drug-likeness (QED) is 0.615. The number of nitrogens with zero attached hydrogens (tertiary/aromatic N) is 1. The molecule has 1 heterocycles. The summed E-state index contributed by atoms with van der Waals surface area (Å²) in [6.45, 7) is 0. The molecule has 84 valence electrons. The molecule has 0 atom stereocenters. The number of aromatic carboxylic acids is 1. The average molecular weight is 225 g/mol. The van der Waals surface area contributed by atoms with Crippen molar-refractivity contribution in [2.24, 2.45) is 0 Å². The van der Waals surface area contributed by atoms with Crippen molar-refractivity contribution in [2.75, 3.05) is 7.11 Å². The molecule has 0 spiro atoms. The fourth-order valence-electron chi connectivity index (χ4n) is 0.956. The van der Waals surface area contributed by atoms with Crippen LogP contribution < -0.4 is 0 Å². The van der Waals surface area contributed by atoms with Crippen molar-refractivity contribution in [1.29, 1.82) is 0 Å². The number of rotatable bonds is 3. The van der Waals surface area contributed by atoms with E-state index in [9.17, 15) is 14.0 Å². The molecular weight excluding hydrogens is 217 g/mol. The predicted molar refractivity (Wildman–Crippen MR) is 52.2 cm³/mol. The van der Waals surface area contributed by atoms with Crippen LogP contribution >= 0.6 is 0 Å². The van der Waals surface area contributed by atoms with Gasteiger partial charge in [0.1, 0.15) is 0 Å². The number of aromatic nitrogens is 1. The van der Waals surface area contributed by atoms with E-state index in [0.717, 1.165) is 24.4 Å². The van der Waals surface area contributed by atoms with E-state index >= 15 is 0 Å². The lowest BCUT2D eigenvalue weighted by Gasteiger charge is -1.99. The third-order valence-electron chi connectivity index (χ3n) is 1.73. The van der Waals surface area contributed by atoms with Crippen molar-refractivity contribution >= 4 is 18.0 Å². The van der Waals surface area contributed by atoms with Gasteiger partial charge < -0.3 is 9.84 Å². The number of pyridine rings is 1. The summed E-state index contributed by atoms with van der Waals surface area (Å²) in [4.78, 5) is 24.9. The van der Waals surface area contributed by atoms with Gasteiger partial charge in [-0.05, 0) is 12.1 Å². The first kappa shape index (κ1) is 11.8. The van der Waals surface area contributed by atoms with Crippen LogP contribution in [0.15, 0.2) is 18.3 Å². The van der Waals surface area contributed by atoms with Gasteiger partial charge in [-0.3, -0.25) is 4.98 Å². The molecule has 0 aromatic carbocycles. The number of hydrogen-bond donors (Lipinski definition) is 1. The Morgan fingerprint density at radius 3 is 2.81 bits per heavy atom. The molecule has 5 nitrogen and oxygen atoms in total. The molecule has 0 aliphatic rings. The van der Waals surface area contributed by atoms with E-state index in [1.54, 1.807) is 0 Å². The van der Waals surface area contributed by atoms with Crippen molar-refractivity contribution in [2.45, 2.75) is 0 Å². The van der Waals surface area contributed by atoms with E-state index in [2.05, 4.69) is 9.72 Å². The fraction of sp³-hybridized carbons (Fsp3) is 0.100. The maximum Gasteiger partial charge on any atom is 0.338 e. The van der Waals surface area contributed by atoms with E-state index in [4.69, 9.17) is 5.11 Å². The van der Waals surface area contributed by atoms with Crippen molar-refractivity contribution in [3.63, 3.8) is 0 Å². The van der Waals surface area contributed by atoms with Crippen LogP contribution in [0.4, 0.5) is 4.39 Å². The van der Waals surface area contributed by atoms with Crippen molar-refractivity contribution in [1.82, 2.24) is 4.98 Å². The largest absolute Gasteiger partial charge is 0.478 e. The number of methoxy groups -OCH3 is 1. The summed E-state index contributed by atoms with van der Waals surface area (Å²) in [5.74, 6) is -3.07. The molecule has 0 amide bonds. The molecule has 1 N–H and O–H groups in total.